The average molecular weight is 491 g/mol. The van der Waals surface area contributed by atoms with Crippen molar-refractivity contribution in [2.45, 2.75) is 37.7 Å². The van der Waals surface area contributed by atoms with Gasteiger partial charge in [0.25, 0.3) is 5.56 Å². The zero-order chi connectivity index (χ0) is 23.8. The van der Waals surface area contributed by atoms with Gasteiger partial charge >= 0.3 is 5.97 Å². The van der Waals surface area contributed by atoms with E-state index < -0.39 is 16.0 Å². The third kappa shape index (κ3) is 4.66. The molecule has 1 aliphatic heterocycles. The summed E-state index contributed by atoms with van der Waals surface area (Å²) in [5.41, 5.74) is 1.73. The van der Waals surface area contributed by atoms with Crippen LogP contribution in [0.4, 0.5) is 5.69 Å². The lowest BCUT2D eigenvalue weighted by molar-refractivity contribution is 0.0468. The van der Waals surface area contributed by atoms with E-state index in [9.17, 15) is 18.0 Å². The lowest BCUT2D eigenvalue weighted by Crippen LogP contribution is -2.31. The van der Waals surface area contributed by atoms with E-state index in [0.717, 1.165) is 42.4 Å². The first-order valence-electron chi connectivity index (χ1n) is 10.6. The Kier molecular flexibility index (Phi) is 6.55. The van der Waals surface area contributed by atoms with Gasteiger partial charge in [-0.15, -0.1) is 11.3 Å². The Labute approximate surface area is 196 Å². The molecule has 0 bridgehead atoms. The highest BCUT2D eigenvalue weighted by molar-refractivity contribution is 7.89. The minimum absolute atomic E-state index is 0.0204. The fraction of sp³-hybridized carbons (Fsp3) is 0.409. The van der Waals surface area contributed by atoms with Gasteiger partial charge in [-0.25, -0.2) is 22.5 Å². The number of ether oxygens (including phenoxy) is 1. The van der Waals surface area contributed by atoms with E-state index in [4.69, 9.17) is 4.74 Å². The first kappa shape index (κ1) is 23.4. The molecule has 0 radical (unpaired) electrons. The third-order valence-corrected chi connectivity index (χ3v) is 8.40. The maximum atomic E-state index is 13.1. The van der Waals surface area contributed by atoms with E-state index >= 15 is 0 Å². The van der Waals surface area contributed by atoms with Gasteiger partial charge in [0.2, 0.25) is 10.0 Å². The summed E-state index contributed by atoms with van der Waals surface area (Å²) in [6, 6.07) is 5.91. The van der Waals surface area contributed by atoms with Crippen molar-refractivity contribution in [1.29, 1.82) is 0 Å². The molecule has 176 valence electrons. The molecule has 33 heavy (non-hydrogen) atoms. The summed E-state index contributed by atoms with van der Waals surface area (Å²) >= 11 is 1.33. The van der Waals surface area contributed by atoms with Crippen LogP contribution in [0.25, 0.3) is 4.96 Å². The van der Waals surface area contributed by atoms with Gasteiger partial charge in [0.1, 0.15) is 6.61 Å². The summed E-state index contributed by atoms with van der Waals surface area (Å²) in [4.78, 5) is 32.5. The molecule has 0 atom stereocenters. The van der Waals surface area contributed by atoms with Crippen molar-refractivity contribution < 1.29 is 17.9 Å². The highest BCUT2D eigenvalue weighted by atomic mass is 32.2. The number of hydrogen-bond donors (Lipinski definition) is 0. The molecule has 9 nitrogen and oxygen atoms in total. The summed E-state index contributed by atoms with van der Waals surface area (Å²) in [6.07, 6.45) is 3.12. The van der Waals surface area contributed by atoms with Crippen LogP contribution >= 0.6 is 11.3 Å². The molecule has 0 N–H and O–H groups in total. The van der Waals surface area contributed by atoms with Gasteiger partial charge in [-0.1, -0.05) is 0 Å². The summed E-state index contributed by atoms with van der Waals surface area (Å²) < 4.78 is 33.4. The molecular formula is C22H26N4O5S2. The molecule has 1 aromatic carbocycles. The van der Waals surface area contributed by atoms with Crippen molar-refractivity contribution in [3.63, 3.8) is 0 Å². The minimum Gasteiger partial charge on any atom is -0.456 e. The Morgan fingerprint density at radius 2 is 1.91 bits per heavy atom. The number of thiazole rings is 1. The van der Waals surface area contributed by atoms with Crippen molar-refractivity contribution in [1.82, 2.24) is 13.7 Å². The number of carbonyl (C=O) groups excluding carboxylic acids is 1. The number of aryl methyl sites for hydroxylation is 1. The predicted molar refractivity (Wildman–Crippen MR) is 127 cm³/mol. The SMILES string of the molecule is Cc1csc2nc(COC(=O)c3cc(S(=O)(=O)N(C)C)ccc3N3CCCCC3)cc(=O)n12. The Bertz CT molecular complexity index is 1350. The molecule has 0 spiro atoms. The van der Waals surface area contributed by atoms with Crippen molar-refractivity contribution in [3.8, 4) is 0 Å². The van der Waals surface area contributed by atoms with Crippen LogP contribution in [-0.2, 0) is 21.4 Å². The number of hydrogen-bond acceptors (Lipinski definition) is 8. The predicted octanol–water partition coefficient (Wildman–Crippen LogP) is 2.66. The number of rotatable bonds is 6. The monoisotopic (exact) mass is 490 g/mol. The zero-order valence-corrected chi connectivity index (χ0v) is 20.4. The lowest BCUT2D eigenvalue weighted by atomic mass is 10.1. The molecule has 0 aliphatic carbocycles. The molecule has 2 aromatic heterocycles. The Balaban J connectivity index is 1.65. The van der Waals surface area contributed by atoms with E-state index in [0.29, 0.717) is 16.3 Å². The first-order valence-corrected chi connectivity index (χ1v) is 13.0. The number of sulfonamides is 1. The molecule has 0 saturated carbocycles. The van der Waals surface area contributed by atoms with Gasteiger partial charge in [-0.2, -0.15) is 0 Å². The number of carbonyl (C=O) groups is 1. The fourth-order valence-electron chi connectivity index (χ4n) is 3.85. The molecular weight excluding hydrogens is 464 g/mol. The molecule has 0 unspecified atom stereocenters. The van der Waals surface area contributed by atoms with Crippen molar-refractivity contribution >= 4 is 38.0 Å². The molecule has 4 rings (SSSR count). The summed E-state index contributed by atoms with van der Waals surface area (Å²) in [7, 11) is -0.837. The molecule has 1 saturated heterocycles. The maximum Gasteiger partial charge on any atom is 0.340 e. The average Bonchev–Trinajstić information content (AvgIpc) is 3.18. The Hall–Kier alpha value is -2.76. The molecule has 0 amide bonds. The van der Waals surface area contributed by atoms with Crippen molar-refractivity contribution in [3.05, 3.63) is 57.0 Å². The number of piperidine rings is 1. The van der Waals surface area contributed by atoms with E-state index in [2.05, 4.69) is 9.88 Å². The summed E-state index contributed by atoms with van der Waals surface area (Å²) in [6.45, 7) is 3.20. The minimum atomic E-state index is -3.72. The number of benzene rings is 1. The van der Waals surface area contributed by atoms with Crippen LogP contribution < -0.4 is 10.5 Å². The molecule has 11 heteroatoms. The van der Waals surface area contributed by atoms with Gasteiger partial charge in [0, 0.05) is 44.3 Å². The summed E-state index contributed by atoms with van der Waals surface area (Å²) in [5, 5.41) is 1.83. The van der Waals surface area contributed by atoms with Crippen LogP contribution in [0, 0.1) is 6.92 Å². The first-order chi connectivity index (χ1) is 15.7. The zero-order valence-electron chi connectivity index (χ0n) is 18.8. The normalized spacial score (nSPS) is 14.7. The van der Waals surface area contributed by atoms with E-state index in [1.54, 1.807) is 6.07 Å². The van der Waals surface area contributed by atoms with Gasteiger partial charge in [-0.05, 0) is 44.4 Å². The van der Waals surface area contributed by atoms with Gasteiger partial charge < -0.3 is 9.64 Å². The molecule has 3 heterocycles. The van der Waals surface area contributed by atoms with Crippen LogP contribution in [0.15, 0.2) is 39.3 Å². The second-order valence-electron chi connectivity index (χ2n) is 8.17. The standard InChI is InChI=1S/C22H26N4O5S2/c1-15-14-32-22-23-16(11-20(27)26(15)22)13-31-21(28)18-12-17(33(29,30)24(2)3)7-8-19(18)25-9-5-4-6-10-25/h7-8,11-12,14H,4-6,9-10,13H2,1-3H3. The quantitative estimate of drug-likeness (QED) is 0.490. The van der Waals surface area contributed by atoms with E-state index in [1.165, 1.54) is 48.0 Å². The second kappa shape index (κ2) is 9.24. The molecule has 1 aliphatic rings. The van der Waals surface area contributed by atoms with Crippen LogP contribution in [0.1, 0.15) is 41.0 Å². The Morgan fingerprint density at radius 1 is 1.18 bits per heavy atom. The van der Waals surface area contributed by atoms with Crippen molar-refractivity contribution in [2.24, 2.45) is 0 Å². The largest absolute Gasteiger partial charge is 0.456 e. The number of nitrogens with zero attached hydrogens (tertiary/aromatic N) is 4. The highest BCUT2D eigenvalue weighted by Gasteiger charge is 2.25. The molecule has 3 aromatic rings. The fourth-order valence-corrected chi connectivity index (χ4v) is 5.67. The number of anilines is 1. The number of esters is 1. The van der Waals surface area contributed by atoms with E-state index in [-0.39, 0.29) is 22.6 Å². The lowest BCUT2D eigenvalue weighted by Gasteiger charge is -2.30. The van der Waals surface area contributed by atoms with Crippen LogP contribution in [0.5, 0.6) is 0 Å². The van der Waals surface area contributed by atoms with Gasteiger partial charge in [-0.3, -0.25) is 9.20 Å². The second-order valence-corrected chi connectivity index (χ2v) is 11.2. The number of aromatic nitrogens is 2. The number of fused-ring (bicyclic) bond motifs is 1. The van der Waals surface area contributed by atoms with Crippen LogP contribution in [0.2, 0.25) is 0 Å². The maximum absolute atomic E-state index is 13.1. The van der Waals surface area contributed by atoms with Gasteiger partial charge in [0.15, 0.2) is 4.96 Å². The topological polar surface area (TPSA) is 101 Å². The third-order valence-electron chi connectivity index (χ3n) is 5.64. The van der Waals surface area contributed by atoms with Crippen molar-refractivity contribution in [2.75, 3.05) is 32.1 Å². The Morgan fingerprint density at radius 3 is 2.61 bits per heavy atom. The van der Waals surface area contributed by atoms with Gasteiger partial charge in [0.05, 0.1) is 21.8 Å². The summed E-state index contributed by atoms with van der Waals surface area (Å²) in [5.74, 6) is -0.657. The molecule has 1 fully saturated rings. The highest BCUT2D eigenvalue weighted by Crippen LogP contribution is 2.28. The van der Waals surface area contributed by atoms with E-state index in [1.807, 2.05) is 12.3 Å². The van der Waals surface area contributed by atoms with Crippen LogP contribution in [0.3, 0.4) is 0 Å². The van der Waals surface area contributed by atoms with Crippen LogP contribution in [-0.4, -0.2) is 55.3 Å². The smallest absolute Gasteiger partial charge is 0.340 e.